The molecular weight excluding hydrogens is 480 g/mol. The first kappa shape index (κ1) is 23.5. The average Bonchev–Trinajstić information content (AvgIpc) is 3.36. The average molecular weight is 501 g/mol. The summed E-state index contributed by atoms with van der Waals surface area (Å²) in [5.74, 6) is 0.274. The van der Waals surface area contributed by atoms with Crippen molar-refractivity contribution in [2.75, 3.05) is 28.9 Å². The largest absolute Gasteiger partial charge is 0.506 e. The van der Waals surface area contributed by atoms with Gasteiger partial charge in [-0.1, -0.05) is 18.2 Å². The van der Waals surface area contributed by atoms with Gasteiger partial charge in [-0.05, 0) is 13.0 Å². The zero-order valence-corrected chi connectivity index (χ0v) is 20.2. The molecule has 1 N–H and O–H groups in total. The number of fused-ring (bicyclic) bond motifs is 1. The molecule has 176 valence electrons. The number of rotatable bonds is 6. The third-order valence-electron chi connectivity index (χ3n) is 5.37. The molecule has 0 aliphatic carbocycles. The Hall–Kier alpha value is -3.70. The van der Waals surface area contributed by atoms with Gasteiger partial charge < -0.3 is 9.84 Å². The highest BCUT2D eigenvalue weighted by Gasteiger charge is 2.36. The maximum Gasteiger partial charge on any atom is 0.330 e. The summed E-state index contributed by atoms with van der Waals surface area (Å²) in [4.78, 5) is 43.1. The number of aromatic hydroxyl groups is 1. The first-order valence-electron chi connectivity index (χ1n) is 10.1. The Morgan fingerprint density at radius 2 is 2.21 bits per heavy atom. The topological polar surface area (TPSA) is 112 Å². The standard InChI is InChI=1S/C22H21ClN6O4S/c1-5-17(31)27(3)21-25-9-13-10-28(19-12(2)15(33-4)8-14(30)18(19)23)22(32)29(20(13)26-21)11-16-24-6-7-34-16/h5-9,30H,1,10-11H2,2-4H3. The smallest absolute Gasteiger partial charge is 0.330 e. The molecule has 1 aliphatic rings. The SMILES string of the molecule is C=CC(=O)N(C)c1ncc2c(n1)N(Cc1nccs1)C(=O)N(c1c(C)c(OC)cc(O)c1Cl)C2. The molecule has 3 amide bonds. The normalized spacial score (nSPS) is 13.0. The summed E-state index contributed by atoms with van der Waals surface area (Å²) in [5.41, 5.74) is 1.53. The number of methoxy groups -OCH3 is 1. The van der Waals surface area contributed by atoms with Crippen LogP contribution >= 0.6 is 22.9 Å². The third kappa shape index (κ3) is 4.03. The van der Waals surface area contributed by atoms with Crippen molar-refractivity contribution < 1.29 is 19.4 Å². The Kier molecular flexibility index (Phi) is 6.40. The van der Waals surface area contributed by atoms with Crippen molar-refractivity contribution in [3.8, 4) is 11.5 Å². The van der Waals surface area contributed by atoms with E-state index < -0.39 is 6.03 Å². The number of ether oxygens (including phenoxy) is 1. The number of phenolic OH excluding ortho intramolecular Hbond substituents is 1. The number of amides is 3. The molecule has 0 saturated carbocycles. The number of carbonyl (C=O) groups is 2. The molecule has 1 aromatic carbocycles. The second-order valence-electron chi connectivity index (χ2n) is 7.39. The summed E-state index contributed by atoms with van der Waals surface area (Å²) in [5, 5.41) is 12.9. The molecule has 3 heterocycles. The maximum absolute atomic E-state index is 13.8. The Bertz CT molecular complexity index is 1280. The van der Waals surface area contributed by atoms with E-state index in [0.717, 1.165) is 6.08 Å². The van der Waals surface area contributed by atoms with Crippen LogP contribution in [0.5, 0.6) is 11.5 Å². The highest BCUT2D eigenvalue weighted by atomic mass is 35.5. The zero-order valence-electron chi connectivity index (χ0n) is 18.6. The lowest BCUT2D eigenvalue weighted by Gasteiger charge is -2.37. The van der Waals surface area contributed by atoms with Crippen LogP contribution in [0.25, 0.3) is 0 Å². The van der Waals surface area contributed by atoms with Gasteiger partial charge >= 0.3 is 6.03 Å². The number of likely N-dealkylation sites (N-methyl/N-ethyl adjacent to an activating group) is 1. The number of anilines is 3. The number of benzene rings is 1. The quantitative estimate of drug-likeness (QED) is 0.511. The second-order valence-corrected chi connectivity index (χ2v) is 8.74. The summed E-state index contributed by atoms with van der Waals surface area (Å²) in [6.45, 7) is 5.47. The molecule has 34 heavy (non-hydrogen) atoms. The van der Waals surface area contributed by atoms with Crippen molar-refractivity contribution in [2.45, 2.75) is 20.0 Å². The second kappa shape index (κ2) is 9.27. The highest BCUT2D eigenvalue weighted by Crippen LogP contribution is 2.44. The fourth-order valence-corrected chi connectivity index (χ4v) is 4.52. The van der Waals surface area contributed by atoms with E-state index in [1.54, 1.807) is 19.3 Å². The zero-order chi connectivity index (χ0) is 24.6. The number of thiazole rings is 1. The molecule has 2 aromatic heterocycles. The van der Waals surface area contributed by atoms with Crippen LogP contribution in [0.4, 0.5) is 22.2 Å². The molecule has 3 aromatic rings. The number of urea groups is 1. The lowest BCUT2D eigenvalue weighted by molar-refractivity contribution is -0.113. The summed E-state index contributed by atoms with van der Waals surface area (Å²) in [6.07, 6.45) is 4.36. The van der Waals surface area contributed by atoms with E-state index >= 15 is 0 Å². The van der Waals surface area contributed by atoms with Gasteiger partial charge in [-0.15, -0.1) is 11.3 Å². The highest BCUT2D eigenvalue weighted by molar-refractivity contribution is 7.09. The minimum atomic E-state index is -0.428. The fraction of sp³-hybridized carbons (Fsp3) is 0.227. The molecule has 0 unspecified atom stereocenters. The first-order valence-corrected chi connectivity index (χ1v) is 11.3. The predicted molar refractivity (Wildman–Crippen MR) is 130 cm³/mol. The molecular formula is C22H21ClN6O4S. The van der Waals surface area contributed by atoms with Crippen molar-refractivity contribution in [1.82, 2.24) is 15.0 Å². The number of halogens is 1. The maximum atomic E-state index is 13.8. The third-order valence-corrected chi connectivity index (χ3v) is 6.51. The Balaban J connectivity index is 1.85. The monoisotopic (exact) mass is 500 g/mol. The van der Waals surface area contributed by atoms with Crippen molar-refractivity contribution >= 4 is 52.3 Å². The van der Waals surface area contributed by atoms with Crippen LogP contribution in [0, 0.1) is 6.92 Å². The van der Waals surface area contributed by atoms with Gasteiger partial charge in [-0.25, -0.2) is 14.8 Å². The molecule has 1 aliphatic heterocycles. The molecule has 0 fully saturated rings. The summed E-state index contributed by atoms with van der Waals surface area (Å²) in [7, 11) is 2.99. The lowest BCUT2D eigenvalue weighted by atomic mass is 10.1. The van der Waals surface area contributed by atoms with Gasteiger partial charge in [0.25, 0.3) is 5.91 Å². The van der Waals surface area contributed by atoms with Crippen molar-refractivity contribution in [3.63, 3.8) is 0 Å². The number of phenols is 1. The molecule has 10 nitrogen and oxygen atoms in total. The van der Waals surface area contributed by atoms with Gasteiger partial charge in [0.15, 0.2) is 0 Å². The minimum Gasteiger partial charge on any atom is -0.506 e. The lowest BCUT2D eigenvalue weighted by Crippen LogP contribution is -2.48. The van der Waals surface area contributed by atoms with E-state index in [4.69, 9.17) is 16.3 Å². The Morgan fingerprint density at radius 1 is 1.44 bits per heavy atom. The van der Waals surface area contributed by atoms with E-state index in [1.807, 2.05) is 5.38 Å². The predicted octanol–water partition coefficient (Wildman–Crippen LogP) is 3.90. The number of carbonyl (C=O) groups excluding carboxylic acids is 2. The van der Waals surface area contributed by atoms with Crippen LogP contribution < -0.4 is 19.4 Å². The van der Waals surface area contributed by atoms with E-state index in [9.17, 15) is 14.7 Å². The van der Waals surface area contributed by atoms with E-state index in [1.165, 1.54) is 46.3 Å². The molecule has 0 bridgehead atoms. The van der Waals surface area contributed by atoms with Gasteiger partial charge in [-0.2, -0.15) is 4.98 Å². The van der Waals surface area contributed by atoms with Gasteiger partial charge in [0.2, 0.25) is 5.95 Å². The fourth-order valence-electron chi connectivity index (χ4n) is 3.62. The number of hydrogen-bond acceptors (Lipinski definition) is 8. The van der Waals surface area contributed by atoms with Gasteiger partial charge in [-0.3, -0.25) is 19.5 Å². The number of aromatic nitrogens is 3. The van der Waals surface area contributed by atoms with E-state index in [-0.39, 0.29) is 35.7 Å². The molecule has 0 saturated heterocycles. The summed E-state index contributed by atoms with van der Waals surface area (Å²) in [6, 6.07) is 0.973. The molecule has 0 spiro atoms. The van der Waals surface area contributed by atoms with Crippen LogP contribution in [-0.2, 0) is 17.9 Å². The summed E-state index contributed by atoms with van der Waals surface area (Å²) < 4.78 is 5.36. The van der Waals surface area contributed by atoms with Gasteiger partial charge in [0.05, 0.1) is 25.9 Å². The Labute approximate surface area is 204 Å². The van der Waals surface area contributed by atoms with E-state index in [2.05, 4.69) is 21.5 Å². The van der Waals surface area contributed by atoms with Gasteiger partial charge in [0.1, 0.15) is 27.3 Å². The van der Waals surface area contributed by atoms with Crippen molar-refractivity contribution in [3.05, 3.63) is 57.7 Å². The van der Waals surface area contributed by atoms with Crippen LogP contribution in [0.3, 0.4) is 0 Å². The molecule has 4 rings (SSSR count). The molecule has 12 heteroatoms. The van der Waals surface area contributed by atoms with Crippen LogP contribution in [0.2, 0.25) is 5.02 Å². The van der Waals surface area contributed by atoms with Gasteiger partial charge in [0, 0.05) is 42.0 Å². The Morgan fingerprint density at radius 3 is 2.85 bits per heavy atom. The first-order chi connectivity index (χ1) is 16.3. The van der Waals surface area contributed by atoms with Crippen molar-refractivity contribution in [2.24, 2.45) is 0 Å². The van der Waals surface area contributed by atoms with Crippen LogP contribution in [0.15, 0.2) is 36.5 Å². The molecule has 0 atom stereocenters. The van der Waals surface area contributed by atoms with Crippen LogP contribution in [0.1, 0.15) is 16.1 Å². The van der Waals surface area contributed by atoms with Crippen LogP contribution in [-0.4, -0.2) is 46.2 Å². The molecule has 0 radical (unpaired) electrons. The van der Waals surface area contributed by atoms with Crippen molar-refractivity contribution in [1.29, 1.82) is 0 Å². The minimum absolute atomic E-state index is 0.0261. The number of nitrogens with zero attached hydrogens (tertiary/aromatic N) is 6. The number of hydrogen-bond donors (Lipinski definition) is 1. The summed E-state index contributed by atoms with van der Waals surface area (Å²) >= 11 is 7.84. The van der Waals surface area contributed by atoms with E-state index in [0.29, 0.717) is 33.4 Å².